The Bertz CT molecular complexity index is 323. The number of para-hydroxylation sites is 1. The highest BCUT2D eigenvalue weighted by molar-refractivity contribution is 8.01. The topological polar surface area (TPSA) is 15.3 Å². The van der Waals surface area contributed by atoms with Crippen LogP contribution in [0, 0.1) is 0 Å². The van der Waals surface area contributed by atoms with Crippen LogP contribution in [-0.2, 0) is 0 Å². The van der Waals surface area contributed by atoms with Crippen LogP contribution in [-0.4, -0.2) is 34.6 Å². The van der Waals surface area contributed by atoms with E-state index >= 15 is 0 Å². The van der Waals surface area contributed by atoms with Crippen molar-refractivity contribution in [1.29, 1.82) is 0 Å². The van der Waals surface area contributed by atoms with Crippen LogP contribution < -0.4 is 5.32 Å². The molecule has 0 atom stereocenters. The Morgan fingerprint density at radius 3 is 2.47 bits per heavy atom. The molecule has 94 valence electrons. The van der Waals surface area contributed by atoms with E-state index in [0.717, 1.165) is 35.4 Å². The maximum absolute atomic E-state index is 5.31. The summed E-state index contributed by atoms with van der Waals surface area (Å²) in [6, 6.07) is 10.1. The summed E-state index contributed by atoms with van der Waals surface area (Å²) in [6.07, 6.45) is 0. The first-order valence-corrected chi connectivity index (χ1v) is 7.47. The van der Waals surface area contributed by atoms with Gasteiger partial charge < -0.3 is 5.32 Å². The quantitative estimate of drug-likeness (QED) is 0.601. The Labute approximate surface area is 114 Å². The molecule has 0 fully saturated rings. The summed E-state index contributed by atoms with van der Waals surface area (Å²) in [7, 11) is 0. The molecule has 0 aliphatic heterocycles. The third-order valence-electron chi connectivity index (χ3n) is 2.46. The molecule has 0 aromatic heterocycles. The van der Waals surface area contributed by atoms with Crippen molar-refractivity contribution in [3.8, 4) is 0 Å². The molecule has 0 aliphatic carbocycles. The van der Waals surface area contributed by atoms with Crippen LogP contribution in [0.5, 0.6) is 0 Å². The molecule has 1 rings (SSSR count). The van der Waals surface area contributed by atoms with Crippen molar-refractivity contribution in [3.63, 3.8) is 0 Å². The van der Waals surface area contributed by atoms with Crippen LogP contribution in [0.25, 0.3) is 0 Å². The van der Waals surface area contributed by atoms with E-state index in [2.05, 4.69) is 24.1 Å². The lowest BCUT2D eigenvalue weighted by Gasteiger charge is -2.17. The Morgan fingerprint density at radius 2 is 1.88 bits per heavy atom. The molecule has 1 aromatic rings. The van der Waals surface area contributed by atoms with Gasteiger partial charge in [0.2, 0.25) is 0 Å². The van der Waals surface area contributed by atoms with Crippen molar-refractivity contribution in [2.45, 2.75) is 13.8 Å². The lowest BCUT2D eigenvalue weighted by atomic mass is 10.3. The lowest BCUT2D eigenvalue weighted by Crippen LogP contribution is -2.23. The number of hydrogen-bond donors (Lipinski definition) is 1. The van der Waals surface area contributed by atoms with E-state index in [1.807, 2.05) is 42.1 Å². The van der Waals surface area contributed by atoms with Gasteiger partial charge in [-0.2, -0.15) is 0 Å². The molecule has 0 unspecified atom stereocenters. The SMILES string of the molecule is CCN(CC)CSCC(=S)Nc1ccccc1. The predicted molar refractivity (Wildman–Crippen MR) is 82.9 cm³/mol. The van der Waals surface area contributed by atoms with Gasteiger partial charge >= 0.3 is 0 Å². The maximum atomic E-state index is 5.31. The molecule has 0 saturated carbocycles. The third kappa shape index (κ3) is 6.05. The minimum Gasteiger partial charge on any atom is -0.349 e. The highest BCUT2D eigenvalue weighted by Crippen LogP contribution is 2.09. The molecule has 0 heterocycles. The van der Waals surface area contributed by atoms with Crippen molar-refractivity contribution in [1.82, 2.24) is 4.90 Å². The summed E-state index contributed by atoms with van der Waals surface area (Å²) >= 11 is 7.17. The van der Waals surface area contributed by atoms with Crippen molar-refractivity contribution in [2.24, 2.45) is 0 Å². The molecular weight excluding hydrogens is 248 g/mol. The van der Waals surface area contributed by atoms with Gasteiger partial charge in [-0.1, -0.05) is 44.3 Å². The predicted octanol–water partition coefficient (Wildman–Crippen LogP) is 3.46. The first-order valence-electron chi connectivity index (χ1n) is 5.91. The summed E-state index contributed by atoms with van der Waals surface area (Å²) in [5.74, 6) is 1.92. The van der Waals surface area contributed by atoms with E-state index in [1.54, 1.807) is 0 Å². The average Bonchev–Trinajstić information content (AvgIpc) is 2.36. The van der Waals surface area contributed by atoms with Gasteiger partial charge in [-0.05, 0) is 25.2 Å². The molecule has 0 radical (unpaired) electrons. The summed E-state index contributed by atoms with van der Waals surface area (Å²) < 4.78 is 0. The molecule has 0 bridgehead atoms. The highest BCUT2D eigenvalue weighted by Gasteiger charge is 2.01. The second-order valence-corrected chi connectivity index (χ2v) is 5.14. The fourth-order valence-corrected chi connectivity index (χ4v) is 2.73. The second-order valence-electron chi connectivity index (χ2n) is 3.70. The third-order valence-corrected chi connectivity index (χ3v) is 3.93. The highest BCUT2D eigenvalue weighted by atomic mass is 32.2. The van der Waals surface area contributed by atoms with E-state index in [4.69, 9.17) is 12.2 Å². The molecule has 1 N–H and O–H groups in total. The van der Waals surface area contributed by atoms with E-state index in [-0.39, 0.29) is 0 Å². The summed E-state index contributed by atoms with van der Waals surface area (Å²) in [4.78, 5) is 3.28. The van der Waals surface area contributed by atoms with E-state index in [0.29, 0.717) is 0 Å². The first kappa shape index (κ1) is 14.5. The van der Waals surface area contributed by atoms with Crippen molar-refractivity contribution >= 4 is 34.7 Å². The molecule has 0 saturated heterocycles. The Morgan fingerprint density at radius 1 is 1.24 bits per heavy atom. The van der Waals surface area contributed by atoms with Crippen molar-refractivity contribution < 1.29 is 0 Å². The monoisotopic (exact) mass is 268 g/mol. The fourth-order valence-electron chi connectivity index (χ4n) is 1.39. The number of anilines is 1. The lowest BCUT2D eigenvalue weighted by molar-refractivity contribution is 0.358. The largest absolute Gasteiger partial charge is 0.349 e. The smallest absolute Gasteiger partial charge is 0.0898 e. The Balaban J connectivity index is 2.22. The number of thiocarbonyl (C=S) groups is 1. The average molecular weight is 268 g/mol. The van der Waals surface area contributed by atoms with Crippen LogP contribution in [0.2, 0.25) is 0 Å². The van der Waals surface area contributed by atoms with Crippen molar-refractivity contribution in [3.05, 3.63) is 30.3 Å². The number of hydrogen-bond acceptors (Lipinski definition) is 3. The van der Waals surface area contributed by atoms with E-state index in [1.165, 1.54) is 0 Å². The van der Waals surface area contributed by atoms with Gasteiger partial charge in [-0.25, -0.2) is 0 Å². The number of benzene rings is 1. The maximum Gasteiger partial charge on any atom is 0.0898 e. The Kier molecular flexibility index (Phi) is 7.24. The fraction of sp³-hybridized carbons (Fsp3) is 0.462. The normalized spacial score (nSPS) is 10.5. The standard InChI is InChI=1S/C13H20N2S2/c1-3-15(4-2)11-17-10-13(16)14-12-8-6-5-7-9-12/h5-9H,3-4,10-11H2,1-2H3,(H,14,16). The molecule has 2 nitrogen and oxygen atoms in total. The molecule has 0 spiro atoms. The van der Waals surface area contributed by atoms with E-state index < -0.39 is 0 Å². The summed E-state index contributed by atoms with van der Waals surface area (Å²) in [5, 5.41) is 3.24. The molecule has 4 heteroatoms. The van der Waals surface area contributed by atoms with Gasteiger partial charge in [0.15, 0.2) is 0 Å². The number of thioether (sulfide) groups is 1. The number of nitrogens with one attached hydrogen (secondary N) is 1. The minimum atomic E-state index is 0.876. The van der Waals surface area contributed by atoms with Gasteiger partial charge in [-0.15, -0.1) is 11.8 Å². The molecule has 17 heavy (non-hydrogen) atoms. The van der Waals surface area contributed by atoms with Crippen LogP contribution in [0.15, 0.2) is 30.3 Å². The molecular formula is C13H20N2S2. The molecule has 1 aromatic carbocycles. The minimum absolute atomic E-state index is 0.876. The van der Waals surface area contributed by atoms with E-state index in [9.17, 15) is 0 Å². The second kappa shape index (κ2) is 8.50. The van der Waals surface area contributed by atoms with Crippen LogP contribution in [0.1, 0.15) is 13.8 Å². The first-order chi connectivity index (χ1) is 8.26. The zero-order valence-corrected chi connectivity index (χ0v) is 12.1. The van der Waals surface area contributed by atoms with Gasteiger partial charge in [0, 0.05) is 17.3 Å². The van der Waals surface area contributed by atoms with Crippen LogP contribution in [0.4, 0.5) is 5.69 Å². The zero-order valence-electron chi connectivity index (χ0n) is 10.5. The molecule has 0 aliphatic rings. The number of nitrogens with zero attached hydrogens (tertiary/aromatic N) is 1. The van der Waals surface area contributed by atoms with Crippen molar-refractivity contribution in [2.75, 3.05) is 30.0 Å². The zero-order chi connectivity index (χ0) is 12.5. The van der Waals surface area contributed by atoms with Gasteiger partial charge in [0.1, 0.15) is 0 Å². The summed E-state index contributed by atoms with van der Waals surface area (Å²) in [5.41, 5.74) is 1.07. The number of rotatable bonds is 7. The summed E-state index contributed by atoms with van der Waals surface area (Å²) in [6.45, 7) is 6.57. The van der Waals surface area contributed by atoms with Gasteiger partial charge in [0.05, 0.1) is 4.99 Å². The molecule has 0 amide bonds. The van der Waals surface area contributed by atoms with Crippen LogP contribution >= 0.6 is 24.0 Å². The van der Waals surface area contributed by atoms with Gasteiger partial charge in [-0.3, -0.25) is 4.90 Å². The Hall–Kier alpha value is -0.580. The van der Waals surface area contributed by atoms with Gasteiger partial charge in [0.25, 0.3) is 0 Å². The van der Waals surface area contributed by atoms with Crippen LogP contribution in [0.3, 0.4) is 0 Å².